The molecule has 1 aliphatic rings. The number of aliphatic hydroxyl groups excluding tert-OH is 1. The number of carbonyl (C=O) groups excluding carboxylic acids is 1. The lowest BCUT2D eigenvalue weighted by atomic mass is 10.2. The largest absolute Gasteiger partial charge is 0.390 e. The minimum Gasteiger partial charge on any atom is -0.390 e. The molecule has 1 aliphatic heterocycles. The van der Waals surface area contributed by atoms with E-state index < -0.39 is 6.10 Å². The van der Waals surface area contributed by atoms with E-state index in [-0.39, 0.29) is 12.1 Å². The highest BCUT2D eigenvalue weighted by atomic mass is 16.3. The molecule has 4 nitrogen and oxygen atoms in total. The van der Waals surface area contributed by atoms with Gasteiger partial charge < -0.3 is 10.0 Å². The number of nitrogens with zero attached hydrogens (tertiary/aromatic N) is 1. The van der Waals surface area contributed by atoms with Crippen molar-refractivity contribution >= 4 is 5.91 Å². The lowest BCUT2D eigenvalue weighted by Gasteiger charge is -2.25. The first-order valence-electron chi connectivity index (χ1n) is 3.78. The van der Waals surface area contributed by atoms with Gasteiger partial charge in [-0.05, 0) is 13.0 Å². The molecule has 0 radical (unpaired) electrons. The van der Waals surface area contributed by atoms with Crippen LogP contribution in [0, 0.1) is 0 Å². The average molecular weight is 158 g/mol. The lowest BCUT2D eigenvalue weighted by molar-refractivity contribution is -0.131. The summed E-state index contributed by atoms with van der Waals surface area (Å²) in [6.45, 7) is 2.27. The number of aliphatic hydroxyl groups is 1. The fraction of sp³-hybridized carbons (Fsp3) is 0.857. The number of hydrogen-bond donors (Lipinski definition) is 2. The molecule has 2 unspecified atom stereocenters. The molecular formula is C7H14N2O2. The van der Waals surface area contributed by atoms with Gasteiger partial charge in [0.2, 0.25) is 5.91 Å². The van der Waals surface area contributed by atoms with E-state index in [1.54, 1.807) is 7.05 Å². The molecule has 1 heterocycles. The number of nitrogens with one attached hydrogen (secondary N) is 1. The fourth-order valence-corrected chi connectivity index (χ4v) is 1.26. The molecule has 1 rings (SSSR count). The van der Waals surface area contributed by atoms with Gasteiger partial charge in [-0.15, -0.1) is 0 Å². The quantitative estimate of drug-likeness (QED) is 0.522. The standard InChI is InChI=1S/C7H14N2O2/c1-5(10)9(2)7-6(11)3-4-8-7/h6-8,11H,3-4H2,1-2H3. The SMILES string of the molecule is CC(=O)N(C)C1NCCC1O. The van der Waals surface area contributed by atoms with Crippen LogP contribution in [0.1, 0.15) is 13.3 Å². The lowest BCUT2D eigenvalue weighted by Crippen LogP contribution is -2.47. The maximum Gasteiger partial charge on any atom is 0.220 e. The van der Waals surface area contributed by atoms with Crippen molar-refractivity contribution in [2.24, 2.45) is 0 Å². The predicted octanol–water partition coefficient (Wildman–Crippen LogP) is -0.855. The molecule has 1 fully saturated rings. The average Bonchev–Trinajstić information content (AvgIpc) is 2.33. The van der Waals surface area contributed by atoms with Gasteiger partial charge in [-0.25, -0.2) is 0 Å². The smallest absolute Gasteiger partial charge is 0.220 e. The molecule has 11 heavy (non-hydrogen) atoms. The Hall–Kier alpha value is -0.610. The molecular weight excluding hydrogens is 144 g/mol. The molecule has 4 heteroatoms. The van der Waals surface area contributed by atoms with Crippen molar-refractivity contribution in [3.63, 3.8) is 0 Å². The number of hydrogen-bond acceptors (Lipinski definition) is 3. The first-order valence-corrected chi connectivity index (χ1v) is 3.78. The van der Waals surface area contributed by atoms with Crippen LogP contribution in [-0.4, -0.2) is 41.8 Å². The number of amides is 1. The summed E-state index contributed by atoms with van der Waals surface area (Å²) in [5.74, 6) is -0.0246. The van der Waals surface area contributed by atoms with Gasteiger partial charge in [0.15, 0.2) is 0 Å². The Morgan fingerprint density at radius 3 is 2.73 bits per heavy atom. The van der Waals surface area contributed by atoms with Crippen LogP contribution < -0.4 is 5.32 Å². The van der Waals surface area contributed by atoms with Crippen molar-refractivity contribution in [1.29, 1.82) is 0 Å². The maximum absolute atomic E-state index is 10.9. The third-order valence-electron chi connectivity index (χ3n) is 2.07. The summed E-state index contributed by atoms with van der Waals surface area (Å²) in [4.78, 5) is 12.4. The predicted molar refractivity (Wildman–Crippen MR) is 40.9 cm³/mol. The second kappa shape index (κ2) is 3.19. The fourth-order valence-electron chi connectivity index (χ4n) is 1.26. The normalized spacial score (nSPS) is 30.5. The summed E-state index contributed by atoms with van der Waals surface area (Å²) in [6, 6.07) is 0. The highest BCUT2D eigenvalue weighted by Crippen LogP contribution is 2.09. The van der Waals surface area contributed by atoms with E-state index in [2.05, 4.69) is 5.32 Å². The Bertz CT molecular complexity index is 161. The zero-order valence-electron chi connectivity index (χ0n) is 6.87. The van der Waals surface area contributed by atoms with Crippen LogP contribution in [0.3, 0.4) is 0 Å². The summed E-state index contributed by atoms with van der Waals surface area (Å²) in [5, 5.41) is 12.4. The van der Waals surface area contributed by atoms with Gasteiger partial charge in [0.05, 0.1) is 6.10 Å². The van der Waals surface area contributed by atoms with E-state index in [9.17, 15) is 9.90 Å². The molecule has 0 bridgehead atoms. The van der Waals surface area contributed by atoms with Gasteiger partial charge in [0.25, 0.3) is 0 Å². The number of carbonyl (C=O) groups is 1. The van der Waals surface area contributed by atoms with E-state index in [1.165, 1.54) is 11.8 Å². The highest BCUT2D eigenvalue weighted by molar-refractivity contribution is 5.73. The second-order valence-electron chi connectivity index (χ2n) is 2.88. The molecule has 0 spiro atoms. The van der Waals surface area contributed by atoms with E-state index in [1.807, 2.05) is 0 Å². The van der Waals surface area contributed by atoms with Gasteiger partial charge >= 0.3 is 0 Å². The third kappa shape index (κ3) is 1.70. The second-order valence-corrected chi connectivity index (χ2v) is 2.88. The van der Waals surface area contributed by atoms with Gasteiger partial charge in [-0.2, -0.15) is 0 Å². The Kier molecular flexibility index (Phi) is 2.46. The number of likely N-dealkylation sites (N-methyl/N-ethyl adjacent to an activating group) is 1. The molecule has 0 aromatic heterocycles. The molecule has 1 amide bonds. The topological polar surface area (TPSA) is 52.6 Å². The van der Waals surface area contributed by atoms with Crippen LogP contribution in [0.15, 0.2) is 0 Å². The van der Waals surface area contributed by atoms with Gasteiger partial charge in [0, 0.05) is 14.0 Å². The van der Waals surface area contributed by atoms with Crippen LogP contribution in [-0.2, 0) is 4.79 Å². The molecule has 0 aliphatic carbocycles. The first kappa shape index (κ1) is 8.49. The van der Waals surface area contributed by atoms with E-state index in [4.69, 9.17) is 0 Å². The molecule has 0 aromatic carbocycles. The summed E-state index contributed by atoms with van der Waals surface area (Å²) >= 11 is 0. The van der Waals surface area contributed by atoms with Crippen molar-refractivity contribution in [3.8, 4) is 0 Å². The molecule has 2 atom stereocenters. The van der Waals surface area contributed by atoms with Crippen molar-refractivity contribution < 1.29 is 9.90 Å². The van der Waals surface area contributed by atoms with Gasteiger partial charge in [0.1, 0.15) is 6.17 Å². The van der Waals surface area contributed by atoms with Gasteiger partial charge in [-0.3, -0.25) is 10.1 Å². The monoisotopic (exact) mass is 158 g/mol. The summed E-state index contributed by atoms with van der Waals surface area (Å²) in [6.07, 6.45) is 0.124. The first-order chi connectivity index (χ1) is 5.13. The molecule has 64 valence electrons. The van der Waals surface area contributed by atoms with Crippen LogP contribution in [0.25, 0.3) is 0 Å². The minimum absolute atomic E-state index is 0.0246. The summed E-state index contributed by atoms with van der Waals surface area (Å²) < 4.78 is 0. The Labute approximate surface area is 66.2 Å². The van der Waals surface area contributed by atoms with Crippen LogP contribution in [0.4, 0.5) is 0 Å². The number of rotatable bonds is 1. The van der Waals surface area contributed by atoms with E-state index in [0.717, 1.165) is 13.0 Å². The minimum atomic E-state index is -0.413. The van der Waals surface area contributed by atoms with Crippen LogP contribution in [0.2, 0.25) is 0 Å². The Morgan fingerprint density at radius 1 is 1.73 bits per heavy atom. The van der Waals surface area contributed by atoms with Crippen molar-refractivity contribution in [2.75, 3.05) is 13.6 Å². The van der Waals surface area contributed by atoms with Crippen molar-refractivity contribution in [1.82, 2.24) is 10.2 Å². The summed E-state index contributed by atoms with van der Waals surface area (Å²) in [7, 11) is 1.69. The third-order valence-corrected chi connectivity index (χ3v) is 2.07. The van der Waals surface area contributed by atoms with E-state index >= 15 is 0 Å². The van der Waals surface area contributed by atoms with Gasteiger partial charge in [-0.1, -0.05) is 0 Å². The zero-order valence-corrected chi connectivity index (χ0v) is 6.87. The Balaban J connectivity index is 2.52. The molecule has 2 N–H and O–H groups in total. The van der Waals surface area contributed by atoms with E-state index in [0.29, 0.717) is 0 Å². The maximum atomic E-state index is 10.9. The van der Waals surface area contributed by atoms with Crippen LogP contribution in [0.5, 0.6) is 0 Å². The summed E-state index contributed by atoms with van der Waals surface area (Å²) in [5.41, 5.74) is 0. The molecule has 0 saturated carbocycles. The van der Waals surface area contributed by atoms with Crippen molar-refractivity contribution in [3.05, 3.63) is 0 Å². The highest BCUT2D eigenvalue weighted by Gasteiger charge is 2.29. The molecule has 1 saturated heterocycles. The zero-order chi connectivity index (χ0) is 8.43. The van der Waals surface area contributed by atoms with Crippen molar-refractivity contribution in [2.45, 2.75) is 25.6 Å². The molecule has 0 aromatic rings. The van der Waals surface area contributed by atoms with Crippen LogP contribution >= 0.6 is 0 Å². The Morgan fingerprint density at radius 2 is 2.36 bits per heavy atom.